The molecule has 0 aliphatic heterocycles. The highest BCUT2D eigenvalue weighted by Crippen LogP contribution is 2.22. The van der Waals surface area contributed by atoms with Gasteiger partial charge in [-0.3, -0.25) is 19.9 Å². The third-order valence-electron chi connectivity index (χ3n) is 3.14. The van der Waals surface area contributed by atoms with Crippen molar-refractivity contribution in [2.75, 3.05) is 5.32 Å². The zero-order chi connectivity index (χ0) is 15.7. The standard InChI is InChI=1S/C15H14N4O3/c1-3-10(20)16-15-18-12-11(13(21)19-15)22-14(17-12)9-6-4-8(2)5-7-9/h4-7H,3H2,1-2H3,(H2,16,18,19,20,21). The number of aryl methyl sites for hydroxylation is 1. The molecule has 2 heterocycles. The van der Waals surface area contributed by atoms with Crippen molar-refractivity contribution < 1.29 is 9.21 Å². The number of amides is 1. The minimum atomic E-state index is -0.484. The van der Waals surface area contributed by atoms with Gasteiger partial charge in [0.1, 0.15) is 0 Å². The van der Waals surface area contributed by atoms with Gasteiger partial charge in [-0.05, 0) is 19.1 Å². The lowest BCUT2D eigenvalue weighted by Gasteiger charge is -2.00. The van der Waals surface area contributed by atoms with E-state index < -0.39 is 5.56 Å². The van der Waals surface area contributed by atoms with Gasteiger partial charge in [0.05, 0.1) is 0 Å². The quantitative estimate of drug-likeness (QED) is 0.772. The molecule has 22 heavy (non-hydrogen) atoms. The van der Waals surface area contributed by atoms with Crippen molar-refractivity contribution in [2.24, 2.45) is 0 Å². The Kier molecular flexibility index (Phi) is 3.46. The maximum absolute atomic E-state index is 12.0. The van der Waals surface area contributed by atoms with Crippen LogP contribution >= 0.6 is 0 Å². The summed E-state index contributed by atoms with van der Waals surface area (Å²) in [6.45, 7) is 3.68. The molecule has 0 radical (unpaired) electrons. The Labute approximate surface area is 125 Å². The van der Waals surface area contributed by atoms with E-state index >= 15 is 0 Å². The molecule has 1 amide bonds. The van der Waals surface area contributed by atoms with E-state index in [9.17, 15) is 9.59 Å². The molecular formula is C15H14N4O3. The van der Waals surface area contributed by atoms with E-state index in [0.717, 1.165) is 11.1 Å². The lowest BCUT2D eigenvalue weighted by molar-refractivity contribution is -0.115. The third-order valence-corrected chi connectivity index (χ3v) is 3.14. The molecule has 7 nitrogen and oxygen atoms in total. The summed E-state index contributed by atoms with van der Waals surface area (Å²) in [5.74, 6) is 0.129. The summed E-state index contributed by atoms with van der Waals surface area (Å²) in [5, 5.41) is 2.49. The summed E-state index contributed by atoms with van der Waals surface area (Å²) in [6.07, 6.45) is 0.287. The Bertz CT molecular complexity index is 893. The molecule has 2 N–H and O–H groups in total. The van der Waals surface area contributed by atoms with Crippen LogP contribution in [0.5, 0.6) is 0 Å². The van der Waals surface area contributed by atoms with Gasteiger partial charge >= 0.3 is 0 Å². The second kappa shape index (κ2) is 5.44. The van der Waals surface area contributed by atoms with E-state index in [-0.39, 0.29) is 29.5 Å². The van der Waals surface area contributed by atoms with Gasteiger partial charge in [-0.1, -0.05) is 24.6 Å². The van der Waals surface area contributed by atoms with Crippen LogP contribution in [0, 0.1) is 6.92 Å². The van der Waals surface area contributed by atoms with Gasteiger partial charge in [-0.25, -0.2) is 0 Å². The van der Waals surface area contributed by atoms with Crippen LogP contribution in [0.25, 0.3) is 22.7 Å². The normalized spacial score (nSPS) is 10.8. The first-order valence-electron chi connectivity index (χ1n) is 6.84. The van der Waals surface area contributed by atoms with Gasteiger partial charge in [-0.15, -0.1) is 0 Å². The highest BCUT2D eigenvalue weighted by Gasteiger charge is 2.14. The van der Waals surface area contributed by atoms with E-state index in [4.69, 9.17) is 4.42 Å². The molecular weight excluding hydrogens is 284 g/mol. The van der Waals surface area contributed by atoms with Crippen molar-refractivity contribution in [2.45, 2.75) is 20.3 Å². The summed E-state index contributed by atoms with van der Waals surface area (Å²) in [6, 6.07) is 7.56. The van der Waals surface area contributed by atoms with Crippen LogP contribution in [0.3, 0.4) is 0 Å². The Balaban J connectivity index is 2.05. The van der Waals surface area contributed by atoms with Gasteiger partial charge < -0.3 is 4.42 Å². The van der Waals surface area contributed by atoms with E-state index in [2.05, 4.69) is 20.3 Å². The number of hydrogen-bond acceptors (Lipinski definition) is 5. The topological polar surface area (TPSA) is 101 Å². The van der Waals surface area contributed by atoms with Gasteiger partial charge in [-0.2, -0.15) is 9.97 Å². The fraction of sp³-hybridized carbons (Fsp3) is 0.200. The number of oxazole rings is 1. The molecule has 2 aromatic heterocycles. The van der Waals surface area contributed by atoms with Crippen molar-refractivity contribution in [1.29, 1.82) is 0 Å². The van der Waals surface area contributed by atoms with E-state index in [1.165, 1.54) is 0 Å². The molecule has 0 saturated carbocycles. The largest absolute Gasteiger partial charge is 0.428 e. The fourth-order valence-electron chi connectivity index (χ4n) is 1.93. The summed E-state index contributed by atoms with van der Waals surface area (Å²) < 4.78 is 5.48. The maximum Gasteiger partial charge on any atom is 0.297 e. The van der Waals surface area contributed by atoms with Crippen molar-refractivity contribution in [3.05, 3.63) is 40.2 Å². The minimum Gasteiger partial charge on any atom is -0.428 e. The van der Waals surface area contributed by atoms with Crippen LogP contribution in [-0.4, -0.2) is 20.9 Å². The highest BCUT2D eigenvalue weighted by atomic mass is 16.4. The van der Waals surface area contributed by atoms with Gasteiger partial charge in [0.2, 0.25) is 29.0 Å². The van der Waals surface area contributed by atoms with Crippen LogP contribution in [0.4, 0.5) is 5.95 Å². The second-order valence-electron chi connectivity index (χ2n) is 4.85. The number of carbonyl (C=O) groups excluding carboxylic acids is 1. The molecule has 7 heteroatoms. The van der Waals surface area contributed by atoms with Crippen LogP contribution in [0.15, 0.2) is 33.5 Å². The molecule has 0 spiro atoms. The Hall–Kier alpha value is -2.96. The van der Waals surface area contributed by atoms with Crippen LogP contribution in [-0.2, 0) is 4.79 Å². The number of carbonyl (C=O) groups is 1. The first-order chi connectivity index (χ1) is 10.6. The molecule has 0 fully saturated rings. The second-order valence-corrected chi connectivity index (χ2v) is 4.85. The number of nitrogens with zero attached hydrogens (tertiary/aromatic N) is 2. The van der Waals surface area contributed by atoms with Crippen LogP contribution < -0.4 is 10.9 Å². The van der Waals surface area contributed by atoms with Crippen molar-refractivity contribution in [3.8, 4) is 11.5 Å². The number of H-pyrrole nitrogens is 1. The molecule has 0 aliphatic rings. The molecule has 0 saturated heterocycles. The average molecular weight is 298 g/mol. The summed E-state index contributed by atoms with van der Waals surface area (Å²) >= 11 is 0. The Morgan fingerprint density at radius 2 is 2.00 bits per heavy atom. The Morgan fingerprint density at radius 3 is 2.68 bits per heavy atom. The molecule has 1 aromatic carbocycles. The monoisotopic (exact) mass is 298 g/mol. The average Bonchev–Trinajstić information content (AvgIpc) is 2.92. The number of anilines is 1. The summed E-state index contributed by atoms with van der Waals surface area (Å²) in [7, 11) is 0. The smallest absolute Gasteiger partial charge is 0.297 e. The Morgan fingerprint density at radius 1 is 1.27 bits per heavy atom. The lowest BCUT2D eigenvalue weighted by atomic mass is 10.1. The number of fused-ring (bicyclic) bond motifs is 1. The van der Waals surface area contributed by atoms with E-state index in [1.54, 1.807) is 6.92 Å². The molecule has 3 aromatic rings. The highest BCUT2D eigenvalue weighted by molar-refractivity contribution is 5.89. The van der Waals surface area contributed by atoms with E-state index in [1.807, 2.05) is 31.2 Å². The molecule has 112 valence electrons. The lowest BCUT2D eigenvalue weighted by Crippen LogP contribution is -2.17. The predicted molar refractivity (Wildman–Crippen MR) is 81.5 cm³/mol. The van der Waals surface area contributed by atoms with Crippen LogP contribution in [0.2, 0.25) is 0 Å². The van der Waals surface area contributed by atoms with Gasteiger partial charge in [0.15, 0.2) is 0 Å². The minimum absolute atomic E-state index is 0.0325. The van der Waals surface area contributed by atoms with Crippen molar-refractivity contribution in [1.82, 2.24) is 15.0 Å². The van der Waals surface area contributed by atoms with Crippen molar-refractivity contribution in [3.63, 3.8) is 0 Å². The zero-order valence-corrected chi connectivity index (χ0v) is 12.1. The van der Waals surface area contributed by atoms with E-state index in [0.29, 0.717) is 5.89 Å². The molecule has 0 bridgehead atoms. The van der Waals surface area contributed by atoms with Crippen LogP contribution in [0.1, 0.15) is 18.9 Å². The number of benzene rings is 1. The summed E-state index contributed by atoms with van der Waals surface area (Å²) in [4.78, 5) is 34.1. The number of rotatable bonds is 3. The predicted octanol–water partition coefficient (Wildman–Crippen LogP) is 2.24. The molecule has 0 unspecified atom stereocenters. The number of nitrogens with one attached hydrogen (secondary N) is 2. The fourth-order valence-corrected chi connectivity index (χ4v) is 1.93. The number of hydrogen-bond donors (Lipinski definition) is 2. The maximum atomic E-state index is 12.0. The third kappa shape index (κ3) is 2.60. The van der Waals surface area contributed by atoms with Crippen molar-refractivity contribution >= 4 is 23.1 Å². The molecule has 0 atom stereocenters. The SMILES string of the molecule is CCC(=O)Nc1nc2nc(-c3ccc(C)cc3)oc2c(=O)[nH]1. The van der Waals surface area contributed by atoms with Gasteiger partial charge in [0, 0.05) is 12.0 Å². The molecule has 0 aliphatic carbocycles. The number of aromatic amines is 1. The zero-order valence-electron chi connectivity index (χ0n) is 12.1. The first kappa shape index (κ1) is 14.0. The summed E-state index contributed by atoms with van der Waals surface area (Å²) in [5.41, 5.74) is 1.57. The first-order valence-corrected chi connectivity index (χ1v) is 6.84. The molecule has 3 rings (SSSR count). The number of aromatic nitrogens is 3. The van der Waals surface area contributed by atoms with Gasteiger partial charge in [0.25, 0.3) is 5.56 Å².